The summed E-state index contributed by atoms with van der Waals surface area (Å²) in [5.41, 5.74) is 2.43. The highest BCUT2D eigenvalue weighted by Gasteiger charge is 2.11. The fourth-order valence-corrected chi connectivity index (χ4v) is 2.05. The highest BCUT2D eigenvalue weighted by molar-refractivity contribution is 5.55. The number of nitrogens with zero attached hydrogens (tertiary/aromatic N) is 4. The summed E-state index contributed by atoms with van der Waals surface area (Å²) in [5, 5.41) is 4.39. The van der Waals surface area contributed by atoms with Crippen molar-refractivity contribution >= 4 is 0 Å². The van der Waals surface area contributed by atoms with Gasteiger partial charge in [-0.15, -0.1) is 0 Å². The van der Waals surface area contributed by atoms with Gasteiger partial charge in [0, 0.05) is 25.1 Å². The number of hydrogen-bond donors (Lipinski definition) is 0. The molecule has 1 atom stereocenters. The van der Waals surface area contributed by atoms with Crippen molar-refractivity contribution in [1.29, 1.82) is 0 Å². The Kier molecular flexibility index (Phi) is 4.00. The molecule has 1 heterocycles. The minimum absolute atomic E-state index is 0.416. The maximum Gasteiger partial charge on any atom is 0.158 e. The molecule has 0 aliphatic carbocycles. The molecule has 19 heavy (non-hydrogen) atoms. The van der Waals surface area contributed by atoms with Crippen molar-refractivity contribution in [3.05, 3.63) is 35.7 Å². The molecular formula is C15H22N4. The summed E-state index contributed by atoms with van der Waals surface area (Å²) in [5.74, 6) is 1.82. The summed E-state index contributed by atoms with van der Waals surface area (Å²) in [7, 11) is 6.13. The molecule has 0 aliphatic rings. The first-order chi connectivity index (χ1) is 9.02. The molecule has 0 saturated heterocycles. The number of aryl methyl sites for hydroxylation is 2. The summed E-state index contributed by atoms with van der Waals surface area (Å²) in [4.78, 5) is 6.75. The van der Waals surface area contributed by atoms with E-state index in [9.17, 15) is 0 Å². The monoisotopic (exact) mass is 258 g/mol. The van der Waals surface area contributed by atoms with E-state index in [0.29, 0.717) is 6.04 Å². The molecule has 0 unspecified atom stereocenters. The van der Waals surface area contributed by atoms with Gasteiger partial charge in [0.25, 0.3) is 0 Å². The van der Waals surface area contributed by atoms with E-state index in [2.05, 4.69) is 67.2 Å². The fourth-order valence-electron chi connectivity index (χ4n) is 2.05. The van der Waals surface area contributed by atoms with Gasteiger partial charge in [-0.05, 0) is 26.6 Å². The van der Waals surface area contributed by atoms with Crippen LogP contribution in [0.1, 0.15) is 31.3 Å². The molecule has 0 radical (unpaired) electrons. The maximum absolute atomic E-state index is 4.55. The van der Waals surface area contributed by atoms with Crippen molar-refractivity contribution in [1.82, 2.24) is 19.7 Å². The van der Waals surface area contributed by atoms with Crippen LogP contribution in [0.25, 0.3) is 11.4 Å². The van der Waals surface area contributed by atoms with Crippen molar-refractivity contribution in [2.45, 2.75) is 26.3 Å². The molecule has 0 amide bonds. The number of rotatable bonds is 4. The maximum atomic E-state index is 4.55. The summed E-state index contributed by atoms with van der Waals surface area (Å²) in [6.07, 6.45) is 0.865. The first kappa shape index (κ1) is 13.7. The highest BCUT2D eigenvalue weighted by Crippen LogP contribution is 2.22. The van der Waals surface area contributed by atoms with Crippen LogP contribution >= 0.6 is 0 Å². The van der Waals surface area contributed by atoms with Gasteiger partial charge >= 0.3 is 0 Å². The summed E-state index contributed by atoms with van der Waals surface area (Å²) in [6.45, 7) is 4.27. The summed E-state index contributed by atoms with van der Waals surface area (Å²) < 4.78 is 1.85. The third kappa shape index (κ3) is 2.84. The lowest BCUT2D eigenvalue weighted by Crippen LogP contribution is -2.16. The van der Waals surface area contributed by atoms with Crippen LogP contribution in [0, 0.1) is 0 Å². The molecule has 2 rings (SSSR count). The van der Waals surface area contributed by atoms with Crippen LogP contribution in [0.3, 0.4) is 0 Å². The van der Waals surface area contributed by atoms with Crippen molar-refractivity contribution < 1.29 is 0 Å². The Bertz CT molecular complexity index is 540. The van der Waals surface area contributed by atoms with Gasteiger partial charge in [-0.2, -0.15) is 5.10 Å². The SMILES string of the molecule is CCc1nc(-c2ccc([C@H](C)N(C)C)cc2)n(C)n1. The predicted octanol–water partition coefficient (Wildman–Crippen LogP) is 2.67. The number of hydrogen-bond acceptors (Lipinski definition) is 3. The third-order valence-corrected chi connectivity index (χ3v) is 3.55. The van der Waals surface area contributed by atoms with E-state index in [1.165, 1.54) is 5.56 Å². The van der Waals surface area contributed by atoms with Gasteiger partial charge in [-0.25, -0.2) is 9.67 Å². The summed E-state index contributed by atoms with van der Waals surface area (Å²) >= 11 is 0. The molecule has 0 spiro atoms. The quantitative estimate of drug-likeness (QED) is 0.845. The minimum Gasteiger partial charge on any atom is -0.303 e. The predicted molar refractivity (Wildman–Crippen MR) is 77.9 cm³/mol. The standard InChI is InChI=1S/C15H22N4/c1-6-14-16-15(19(5)17-14)13-9-7-12(8-10-13)11(2)18(3)4/h7-11H,6H2,1-5H3/t11-/m0/s1. The van der Waals surface area contributed by atoms with Crippen LogP contribution in [-0.4, -0.2) is 33.8 Å². The Hall–Kier alpha value is -1.68. The Morgan fingerprint density at radius 3 is 2.32 bits per heavy atom. The van der Waals surface area contributed by atoms with Crippen LogP contribution in [0.5, 0.6) is 0 Å². The fraction of sp³-hybridized carbons (Fsp3) is 0.467. The van der Waals surface area contributed by atoms with E-state index < -0.39 is 0 Å². The molecule has 0 aliphatic heterocycles. The molecule has 1 aromatic heterocycles. The molecule has 0 fully saturated rings. The van der Waals surface area contributed by atoms with E-state index in [1.54, 1.807) is 0 Å². The first-order valence-corrected chi connectivity index (χ1v) is 6.69. The van der Waals surface area contributed by atoms with E-state index >= 15 is 0 Å². The molecule has 0 bridgehead atoms. The average Bonchev–Trinajstić information content (AvgIpc) is 2.79. The zero-order valence-electron chi connectivity index (χ0n) is 12.4. The van der Waals surface area contributed by atoms with E-state index in [0.717, 1.165) is 23.6 Å². The lowest BCUT2D eigenvalue weighted by molar-refractivity contribution is 0.321. The van der Waals surface area contributed by atoms with Crippen LogP contribution in [-0.2, 0) is 13.5 Å². The number of benzene rings is 1. The molecule has 0 saturated carbocycles. The molecule has 2 aromatic rings. The van der Waals surface area contributed by atoms with E-state index in [4.69, 9.17) is 0 Å². The Labute approximate surface area is 115 Å². The molecule has 0 N–H and O–H groups in total. The zero-order chi connectivity index (χ0) is 14.0. The average molecular weight is 258 g/mol. The van der Waals surface area contributed by atoms with Crippen LogP contribution in [0.4, 0.5) is 0 Å². The van der Waals surface area contributed by atoms with Gasteiger partial charge in [0.15, 0.2) is 11.6 Å². The van der Waals surface area contributed by atoms with Crippen LogP contribution in [0.15, 0.2) is 24.3 Å². The highest BCUT2D eigenvalue weighted by atomic mass is 15.3. The zero-order valence-corrected chi connectivity index (χ0v) is 12.4. The lowest BCUT2D eigenvalue weighted by Gasteiger charge is -2.20. The second-order valence-electron chi connectivity index (χ2n) is 5.09. The largest absolute Gasteiger partial charge is 0.303 e. The molecule has 1 aromatic carbocycles. The minimum atomic E-state index is 0.416. The van der Waals surface area contributed by atoms with E-state index in [-0.39, 0.29) is 0 Å². The number of aromatic nitrogens is 3. The molecule has 102 valence electrons. The summed E-state index contributed by atoms with van der Waals surface area (Å²) in [6, 6.07) is 9.00. The Balaban J connectivity index is 2.29. The normalized spacial score (nSPS) is 12.9. The van der Waals surface area contributed by atoms with Gasteiger partial charge in [0.1, 0.15) is 0 Å². The van der Waals surface area contributed by atoms with E-state index in [1.807, 2.05) is 11.7 Å². The van der Waals surface area contributed by atoms with Crippen molar-refractivity contribution in [3.8, 4) is 11.4 Å². The van der Waals surface area contributed by atoms with Crippen LogP contribution in [0.2, 0.25) is 0 Å². The van der Waals surface area contributed by atoms with Crippen molar-refractivity contribution in [2.24, 2.45) is 7.05 Å². The topological polar surface area (TPSA) is 34.0 Å². The Morgan fingerprint density at radius 1 is 1.21 bits per heavy atom. The van der Waals surface area contributed by atoms with Gasteiger partial charge in [0.2, 0.25) is 0 Å². The second kappa shape index (κ2) is 5.53. The second-order valence-corrected chi connectivity index (χ2v) is 5.09. The van der Waals surface area contributed by atoms with Crippen LogP contribution < -0.4 is 0 Å². The smallest absolute Gasteiger partial charge is 0.158 e. The van der Waals surface area contributed by atoms with Crippen molar-refractivity contribution in [3.63, 3.8) is 0 Å². The Morgan fingerprint density at radius 2 is 1.84 bits per heavy atom. The lowest BCUT2D eigenvalue weighted by atomic mass is 10.1. The van der Waals surface area contributed by atoms with Gasteiger partial charge in [-0.1, -0.05) is 31.2 Å². The van der Waals surface area contributed by atoms with Crippen molar-refractivity contribution in [2.75, 3.05) is 14.1 Å². The van der Waals surface area contributed by atoms with Gasteiger partial charge in [0.05, 0.1) is 0 Å². The van der Waals surface area contributed by atoms with Gasteiger partial charge < -0.3 is 4.90 Å². The molecular weight excluding hydrogens is 236 g/mol. The third-order valence-electron chi connectivity index (χ3n) is 3.55. The molecule has 4 heteroatoms. The molecule has 4 nitrogen and oxygen atoms in total. The van der Waals surface area contributed by atoms with Gasteiger partial charge in [-0.3, -0.25) is 0 Å². The first-order valence-electron chi connectivity index (χ1n) is 6.69.